The van der Waals surface area contributed by atoms with Gasteiger partial charge in [0.25, 0.3) is 0 Å². The second-order valence-corrected chi connectivity index (χ2v) is 11.8. The van der Waals surface area contributed by atoms with Crippen LogP contribution in [-0.4, -0.2) is 72.5 Å². The molecule has 0 aliphatic carbocycles. The number of thioether (sulfide) groups is 2. The summed E-state index contributed by atoms with van der Waals surface area (Å²) in [4.78, 5) is 38.1. The normalized spacial score (nSPS) is 26.8. The number of aliphatic carboxylic acids is 1. The summed E-state index contributed by atoms with van der Waals surface area (Å²) in [6, 6.07) is 5.28. The molecule has 1 aromatic rings. The van der Waals surface area contributed by atoms with Gasteiger partial charge in [-0.05, 0) is 31.2 Å². The third kappa shape index (κ3) is 5.60. The molecule has 2 aliphatic heterocycles. The van der Waals surface area contributed by atoms with Gasteiger partial charge in [-0.15, -0.1) is 23.5 Å². The Kier molecular flexibility index (Phi) is 7.91. The van der Waals surface area contributed by atoms with Gasteiger partial charge in [0.15, 0.2) is 4.75 Å². The maximum Gasteiger partial charge on any atom is 0.395 e. The first-order valence-electron chi connectivity index (χ1n) is 9.53. The number of nitrogens with one attached hydrogen (secondary N) is 1. The molecule has 2 saturated heterocycles. The largest absolute Gasteiger partial charge is 0.480 e. The van der Waals surface area contributed by atoms with Gasteiger partial charge in [-0.2, -0.15) is 13.2 Å². The number of benzene rings is 1. The highest BCUT2D eigenvalue weighted by Gasteiger charge is 2.61. The Hall–Kier alpha value is -1.51. The van der Waals surface area contributed by atoms with Crippen LogP contribution in [0.5, 0.6) is 0 Å². The van der Waals surface area contributed by atoms with E-state index in [9.17, 15) is 32.7 Å². The molecule has 1 amide bonds. The number of amides is 1. The van der Waals surface area contributed by atoms with Crippen LogP contribution >= 0.6 is 51.7 Å². The summed E-state index contributed by atoms with van der Waals surface area (Å²) in [6.07, 6.45) is -5.83. The van der Waals surface area contributed by atoms with E-state index in [1.807, 2.05) is 0 Å². The Morgan fingerprint density at radius 1 is 1.39 bits per heavy atom. The molecule has 0 aromatic heterocycles. The lowest BCUT2D eigenvalue weighted by atomic mass is 10.0. The zero-order valence-corrected chi connectivity index (χ0v) is 21.0. The van der Waals surface area contributed by atoms with Crippen LogP contribution in [0.3, 0.4) is 0 Å². The molecular formula is C19H18BrF3N2O5S3. The third-order valence-electron chi connectivity index (χ3n) is 4.88. The number of hydrogen-bond donors (Lipinski definition) is 2. The minimum Gasteiger partial charge on any atom is -0.480 e. The summed E-state index contributed by atoms with van der Waals surface area (Å²) < 4.78 is 40.4. The van der Waals surface area contributed by atoms with Crippen LogP contribution in [0.15, 0.2) is 29.2 Å². The van der Waals surface area contributed by atoms with E-state index < -0.39 is 55.8 Å². The van der Waals surface area contributed by atoms with E-state index in [1.54, 1.807) is 19.1 Å². The maximum absolute atomic E-state index is 12.6. The summed E-state index contributed by atoms with van der Waals surface area (Å²) in [6.45, 7) is 1.74. The van der Waals surface area contributed by atoms with Gasteiger partial charge in [0.1, 0.15) is 11.4 Å². The molecule has 33 heavy (non-hydrogen) atoms. The summed E-state index contributed by atoms with van der Waals surface area (Å²) in [5.41, 5.74) is 0.320. The molecule has 2 heterocycles. The van der Waals surface area contributed by atoms with Crippen molar-refractivity contribution in [1.82, 2.24) is 10.2 Å². The van der Waals surface area contributed by atoms with E-state index >= 15 is 0 Å². The number of halogens is 4. The molecule has 2 fully saturated rings. The SMILES string of the molecule is CCOC(=O)c1ccc(SC2(C(=O)O)CN3C(=O)[C@@H](NC(=S)CC(F)(F)F)[C@H]3SC2Br)cc1. The lowest BCUT2D eigenvalue weighted by Crippen LogP contribution is -2.75. The average molecular weight is 587 g/mol. The van der Waals surface area contributed by atoms with Gasteiger partial charge in [-0.3, -0.25) is 9.59 Å². The highest BCUT2D eigenvalue weighted by Crippen LogP contribution is 2.52. The number of esters is 1. The van der Waals surface area contributed by atoms with Crippen molar-refractivity contribution >= 4 is 74.5 Å². The minimum atomic E-state index is -4.49. The number of ether oxygens (including phenoxy) is 1. The monoisotopic (exact) mass is 586 g/mol. The van der Waals surface area contributed by atoms with Gasteiger partial charge < -0.3 is 20.1 Å². The summed E-state index contributed by atoms with van der Waals surface area (Å²) in [5.74, 6) is -2.17. The number of carbonyl (C=O) groups excluding carboxylic acids is 2. The first-order chi connectivity index (χ1) is 15.4. The molecule has 2 aliphatic rings. The van der Waals surface area contributed by atoms with Crippen LogP contribution in [-0.2, 0) is 14.3 Å². The van der Waals surface area contributed by atoms with Crippen LogP contribution in [0.2, 0.25) is 0 Å². The van der Waals surface area contributed by atoms with Gasteiger partial charge >= 0.3 is 18.1 Å². The standard InChI is InChI=1S/C19H18BrF3N2O5S3/c1-2-30-15(27)9-3-5-10(6-4-9)33-18(17(28)29)8-25-13(26)12(14(25)32-16(18)20)24-11(31)7-19(21,22)23/h3-6,12,14,16H,2,7-8H2,1H3,(H,24,31)(H,28,29)/t12-,14-,16?,18?/m1/s1. The number of hydrogen-bond acceptors (Lipinski definition) is 7. The first-order valence-corrected chi connectivity index (χ1v) is 12.6. The number of carbonyl (C=O) groups is 3. The lowest BCUT2D eigenvalue weighted by molar-refractivity contribution is -0.150. The van der Waals surface area contributed by atoms with E-state index in [0.29, 0.717) is 10.5 Å². The fourth-order valence-corrected chi connectivity index (χ4v) is 7.58. The van der Waals surface area contributed by atoms with Gasteiger partial charge in [-0.25, -0.2) is 4.79 Å². The highest BCUT2D eigenvalue weighted by atomic mass is 79.9. The van der Waals surface area contributed by atoms with Crippen molar-refractivity contribution in [3.63, 3.8) is 0 Å². The number of β-lactam (4-membered cyclic amide) rings is 1. The molecule has 2 N–H and O–H groups in total. The minimum absolute atomic E-state index is 0.163. The first kappa shape index (κ1) is 26.1. The number of nitrogens with zero attached hydrogens (tertiary/aromatic N) is 1. The van der Waals surface area contributed by atoms with Crippen LogP contribution in [0.1, 0.15) is 23.7 Å². The van der Waals surface area contributed by atoms with Crippen molar-refractivity contribution in [3.05, 3.63) is 29.8 Å². The Balaban J connectivity index is 1.73. The zero-order valence-electron chi connectivity index (χ0n) is 16.9. The predicted octanol–water partition coefficient (Wildman–Crippen LogP) is 3.65. The molecule has 180 valence electrons. The van der Waals surface area contributed by atoms with E-state index in [0.717, 1.165) is 23.5 Å². The third-order valence-corrected chi connectivity index (χ3v) is 9.88. The predicted molar refractivity (Wildman–Crippen MR) is 125 cm³/mol. The van der Waals surface area contributed by atoms with E-state index in [1.165, 1.54) is 17.0 Å². The molecule has 14 heteroatoms. The average Bonchev–Trinajstić information content (AvgIpc) is 2.72. The van der Waals surface area contributed by atoms with Crippen molar-refractivity contribution in [3.8, 4) is 0 Å². The van der Waals surface area contributed by atoms with Gasteiger partial charge in [0.2, 0.25) is 5.91 Å². The summed E-state index contributed by atoms with van der Waals surface area (Å²) in [7, 11) is 0. The van der Waals surface area contributed by atoms with Gasteiger partial charge in [0, 0.05) is 11.4 Å². The Morgan fingerprint density at radius 3 is 2.58 bits per heavy atom. The van der Waals surface area contributed by atoms with Crippen LogP contribution in [0, 0.1) is 0 Å². The van der Waals surface area contributed by atoms with Crippen molar-refractivity contribution < 1.29 is 37.4 Å². The topological polar surface area (TPSA) is 95.9 Å². The number of carboxylic acids is 1. The second kappa shape index (κ2) is 10.0. The van der Waals surface area contributed by atoms with Gasteiger partial charge in [0.05, 0.1) is 27.7 Å². The Labute approximate surface area is 209 Å². The quantitative estimate of drug-likeness (QED) is 0.215. The second-order valence-electron chi connectivity index (χ2n) is 7.19. The lowest BCUT2D eigenvalue weighted by Gasteiger charge is -2.55. The fraction of sp³-hybridized carbons (Fsp3) is 0.474. The van der Waals surface area contributed by atoms with E-state index in [4.69, 9.17) is 17.0 Å². The number of rotatable bonds is 7. The Morgan fingerprint density at radius 2 is 2.03 bits per heavy atom. The van der Waals surface area contributed by atoms with Gasteiger partial charge in [-0.1, -0.05) is 28.1 Å². The van der Waals surface area contributed by atoms with Crippen molar-refractivity contribution in [2.75, 3.05) is 13.2 Å². The number of fused-ring (bicyclic) bond motifs is 1. The van der Waals surface area contributed by atoms with E-state index in [-0.39, 0.29) is 13.2 Å². The van der Waals surface area contributed by atoms with Crippen molar-refractivity contribution in [1.29, 1.82) is 0 Å². The number of alkyl halides is 4. The fourth-order valence-electron chi connectivity index (χ4n) is 3.31. The Bertz CT molecular complexity index is 965. The molecule has 0 saturated carbocycles. The van der Waals surface area contributed by atoms with Crippen molar-refractivity contribution in [2.24, 2.45) is 0 Å². The molecule has 0 spiro atoms. The van der Waals surface area contributed by atoms with Crippen LogP contribution in [0.25, 0.3) is 0 Å². The molecular weight excluding hydrogens is 569 g/mol. The summed E-state index contributed by atoms with van der Waals surface area (Å²) >= 11 is 10.3. The maximum atomic E-state index is 12.6. The number of thiocarbonyl (C=S) groups is 1. The van der Waals surface area contributed by atoms with E-state index in [2.05, 4.69) is 21.2 Å². The highest BCUT2D eigenvalue weighted by molar-refractivity contribution is 9.11. The van der Waals surface area contributed by atoms with Crippen LogP contribution in [0.4, 0.5) is 13.2 Å². The van der Waals surface area contributed by atoms with Crippen LogP contribution < -0.4 is 5.32 Å². The molecule has 0 radical (unpaired) electrons. The molecule has 7 nitrogen and oxygen atoms in total. The zero-order chi connectivity index (χ0) is 24.6. The summed E-state index contributed by atoms with van der Waals surface area (Å²) in [5, 5.41) is 11.9. The smallest absolute Gasteiger partial charge is 0.395 e. The number of carboxylic acid groups (broad SMARTS) is 1. The molecule has 1 aromatic carbocycles. The molecule has 0 bridgehead atoms. The molecule has 2 unspecified atom stereocenters. The molecule has 4 atom stereocenters. The van der Waals surface area contributed by atoms with Crippen molar-refractivity contribution in [2.45, 2.75) is 44.7 Å². The molecule has 3 rings (SSSR count).